The van der Waals surface area contributed by atoms with Gasteiger partial charge in [-0.05, 0) is 24.1 Å². The van der Waals surface area contributed by atoms with Crippen molar-refractivity contribution in [3.63, 3.8) is 0 Å². The first-order chi connectivity index (χ1) is 5.92. The normalized spacial score (nSPS) is 22.2. The zero-order valence-electron chi connectivity index (χ0n) is 7.17. The van der Waals surface area contributed by atoms with E-state index in [0.29, 0.717) is 5.92 Å². The second-order valence-electron chi connectivity index (χ2n) is 3.08. The molecule has 1 aliphatic rings. The molecule has 1 atom stereocenters. The van der Waals surface area contributed by atoms with Gasteiger partial charge in [-0.2, -0.15) is 0 Å². The van der Waals surface area contributed by atoms with E-state index < -0.39 is 0 Å². The topological polar surface area (TPSA) is 21.3 Å². The maximum absolute atomic E-state index is 5.49. The Morgan fingerprint density at radius 2 is 2.67 bits per heavy atom. The minimum Gasteiger partial charge on any atom is -0.376 e. The Balaban J connectivity index is 2.19. The second kappa shape index (κ2) is 3.56. The summed E-state index contributed by atoms with van der Waals surface area (Å²) in [6, 6.07) is 2.17. The standard InChI is InChI=1S/C9H13NOS/c1-10-4-8-6-11-5-7-2-3-12-9(7)8/h2-3,8,10H,4-6H2,1H3. The van der Waals surface area contributed by atoms with Crippen molar-refractivity contribution in [2.24, 2.45) is 0 Å². The average Bonchev–Trinajstić information content (AvgIpc) is 2.53. The first-order valence-electron chi connectivity index (χ1n) is 4.20. The molecule has 2 heterocycles. The van der Waals surface area contributed by atoms with Crippen molar-refractivity contribution in [2.45, 2.75) is 12.5 Å². The fraction of sp³-hybridized carbons (Fsp3) is 0.556. The molecule has 0 fully saturated rings. The van der Waals surface area contributed by atoms with Crippen molar-refractivity contribution in [3.8, 4) is 0 Å². The molecule has 66 valence electrons. The number of ether oxygens (including phenoxy) is 1. The maximum Gasteiger partial charge on any atom is 0.0728 e. The molecule has 2 rings (SSSR count). The molecule has 0 radical (unpaired) electrons. The van der Waals surface area contributed by atoms with Crippen LogP contribution in [0.4, 0.5) is 0 Å². The van der Waals surface area contributed by atoms with Crippen molar-refractivity contribution in [1.29, 1.82) is 0 Å². The molecule has 0 amide bonds. The van der Waals surface area contributed by atoms with Crippen LogP contribution in [-0.2, 0) is 11.3 Å². The lowest BCUT2D eigenvalue weighted by atomic mass is 10.0. The highest BCUT2D eigenvalue weighted by atomic mass is 32.1. The summed E-state index contributed by atoms with van der Waals surface area (Å²) in [6.45, 7) is 2.70. The lowest BCUT2D eigenvalue weighted by molar-refractivity contribution is 0.0930. The van der Waals surface area contributed by atoms with Crippen molar-refractivity contribution < 1.29 is 4.74 Å². The molecule has 0 saturated heterocycles. The number of likely N-dealkylation sites (N-methyl/N-ethyl adjacent to an activating group) is 1. The molecule has 1 N–H and O–H groups in total. The molecular weight excluding hydrogens is 170 g/mol. The zero-order valence-corrected chi connectivity index (χ0v) is 7.99. The third-order valence-corrected chi connectivity index (χ3v) is 3.30. The summed E-state index contributed by atoms with van der Waals surface area (Å²) in [7, 11) is 1.99. The summed E-state index contributed by atoms with van der Waals surface area (Å²) in [6.07, 6.45) is 0. The lowest BCUT2D eigenvalue weighted by Gasteiger charge is -2.22. The van der Waals surface area contributed by atoms with Crippen LogP contribution < -0.4 is 5.32 Å². The van der Waals surface area contributed by atoms with E-state index in [-0.39, 0.29) is 0 Å². The molecular formula is C9H13NOS. The number of fused-ring (bicyclic) bond motifs is 1. The third kappa shape index (κ3) is 1.40. The van der Waals surface area contributed by atoms with Crippen LogP contribution in [0.5, 0.6) is 0 Å². The van der Waals surface area contributed by atoms with Crippen LogP contribution in [0, 0.1) is 0 Å². The first kappa shape index (κ1) is 8.23. The monoisotopic (exact) mass is 183 g/mol. The molecule has 3 heteroatoms. The van der Waals surface area contributed by atoms with E-state index in [1.54, 1.807) is 0 Å². The Kier molecular flexibility index (Phi) is 2.44. The zero-order chi connectivity index (χ0) is 8.39. The number of hydrogen-bond acceptors (Lipinski definition) is 3. The molecule has 1 aromatic rings. The SMILES string of the molecule is CNCC1COCc2ccsc21. The van der Waals surface area contributed by atoms with Crippen LogP contribution in [0.15, 0.2) is 11.4 Å². The molecule has 0 spiro atoms. The minimum absolute atomic E-state index is 0.568. The molecule has 1 aromatic heterocycles. The van der Waals surface area contributed by atoms with Gasteiger partial charge in [0.25, 0.3) is 0 Å². The highest BCUT2D eigenvalue weighted by Gasteiger charge is 2.20. The molecule has 12 heavy (non-hydrogen) atoms. The number of rotatable bonds is 2. The summed E-state index contributed by atoms with van der Waals surface area (Å²) in [5.74, 6) is 0.568. The van der Waals surface area contributed by atoms with Gasteiger partial charge in [-0.15, -0.1) is 11.3 Å². The van der Waals surface area contributed by atoms with Gasteiger partial charge in [0.2, 0.25) is 0 Å². The van der Waals surface area contributed by atoms with E-state index in [1.807, 2.05) is 18.4 Å². The average molecular weight is 183 g/mol. The summed E-state index contributed by atoms with van der Waals surface area (Å²) in [4.78, 5) is 1.51. The van der Waals surface area contributed by atoms with Gasteiger partial charge in [0.05, 0.1) is 13.2 Å². The smallest absolute Gasteiger partial charge is 0.0728 e. The van der Waals surface area contributed by atoms with E-state index >= 15 is 0 Å². The molecule has 0 saturated carbocycles. The van der Waals surface area contributed by atoms with Crippen LogP contribution in [0.2, 0.25) is 0 Å². The van der Waals surface area contributed by atoms with Gasteiger partial charge in [-0.3, -0.25) is 0 Å². The third-order valence-electron chi connectivity index (χ3n) is 2.18. The van der Waals surface area contributed by atoms with Gasteiger partial charge in [0, 0.05) is 17.3 Å². The Hall–Kier alpha value is -0.380. The molecule has 2 nitrogen and oxygen atoms in total. The molecule has 0 aliphatic carbocycles. The van der Waals surface area contributed by atoms with E-state index in [0.717, 1.165) is 19.8 Å². The predicted octanol–water partition coefficient (Wildman–Crippen LogP) is 1.58. The van der Waals surface area contributed by atoms with E-state index in [1.165, 1.54) is 10.4 Å². The highest BCUT2D eigenvalue weighted by molar-refractivity contribution is 7.10. The molecule has 0 bridgehead atoms. The predicted molar refractivity (Wildman–Crippen MR) is 50.6 cm³/mol. The van der Waals surface area contributed by atoms with Crippen LogP contribution in [0.1, 0.15) is 16.4 Å². The van der Waals surface area contributed by atoms with Crippen molar-refractivity contribution >= 4 is 11.3 Å². The summed E-state index contributed by atoms with van der Waals surface area (Å²) in [5.41, 5.74) is 1.38. The Labute approximate surface area is 76.6 Å². The van der Waals surface area contributed by atoms with Crippen LogP contribution >= 0.6 is 11.3 Å². The van der Waals surface area contributed by atoms with Gasteiger partial charge >= 0.3 is 0 Å². The van der Waals surface area contributed by atoms with Gasteiger partial charge in [0.1, 0.15) is 0 Å². The van der Waals surface area contributed by atoms with Gasteiger partial charge < -0.3 is 10.1 Å². The minimum atomic E-state index is 0.568. The van der Waals surface area contributed by atoms with E-state index in [2.05, 4.69) is 16.8 Å². The molecule has 1 aliphatic heterocycles. The van der Waals surface area contributed by atoms with Gasteiger partial charge in [0.15, 0.2) is 0 Å². The molecule has 0 aromatic carbocycles. The van der Waals surface area contributed by atoms with Gasteiger partial charge in [-0.25, -0.2) is 0 Å². The molecule has 1 unspecified atom stereocenters. The van der Waals surface area contributed by atoms with Crippen LogP contribution in [-0.4, -0.2) is 20.2 Å². The fourth-order valence-corrected chi connectivity index (χ4v) is 2.61. The number of thiophene rings is 1. The highest BCUT2D eigenvalue weighted by Crippen LogP contribution is 2.30. The fourth-order valence-electron chi connectivity index (χ4n) is 1.61. The van der Waals surface area contributed by atoms with Crippen molar-refractivity contribution in [2.75, 3.05) is 20.2 Å². The van der Waals surface area contributed by atoms with Crippen LogP contribution in [0.25, 0.3) is 0 Å². The lowest BCUT2D eigenvalue weighted by Crippen LogP contribution is -2.24. The summed E-state index contributed by atoms with van der Waals surface area (Å²) < 4.78 is 5.49. The summed E-state index contributed by atoms with van der Waals surface area (Å²) >= 11 is 1.85. The maximum atomic E-state index is 5.49. The Bertz CT molecular complexity index is 259. The largest absolute Gasteiger partial charge is 0.376 e. The quantitative estimate of drug-likeness (QED) is 0.751. The Morgan fingerprint density at radius 3 is 3.50 bits per heavy atom. The number of hydrogen-bond donors (Lipinski definition) is 1. The van der Waals surface area contributed by atoms with E-state index in [4.69, 9.17) is 4.74 Å². The first-order valence-corrected chi connectivity index (χ1v) is 5.08. The van der Waals surface area contributed by atoms with E-state index in [9.17, 15) is 0 Å². The Morgan fingerprint density at radius 1 is 1.75 bits per heavy atom. The van der Waals surface area contributed by atoms with Crippen molar-refractivity contribution in [1.82, 2.24) is 5.32 Å². The summed E-state index contributed by atoms with van der Waals surface area (Å²) in [5, 5.41) is 5.35. The van der Waals surface area contributed by atoms with Crippen molar-refractivity contribution in [3.05, 3.63) is 21.9 Å². The van der Waals surface area contributed by atoms with Gasteiger partial charge in [-0.1, -0.05) is 0 Å². The number of nitrogens with one attached hydrogen (secondary N) is 1. The second-order valence-corrected chi connectivity index (χ2v) is 4.03. The van der Waals surface area contributed by atoms with Crippen LogP contribution in [0.3, 0.4) is 0 Å².